The van der Waals surface area contributed by atoms with Gasteiger partial charge in [0.2, 0.25) is 5.78 Å². The molecule has 9 heteroatoms. The van der Waals surface area contributed by atoms with E-state index in [9.17, 15) is 19.2 Å². The quantitative estimate of drug-likeness (QED) is 0.413. The zero-order valence-electron chi connectivity index (χ0n) is 17.6. The minimum absolute atomic E-state index is 0.350. The number of nitrogens with one attached hydrogen (secondary N) is 1. The highest BCUT2D eigenvalue weighted by molar-refractivity contribution is 6.09. The number of hydrogen-bond acceptors (Lipinski definition) is 6. The van der Waals surface area contributed by atoms with Gasteiger partial charge in [0.05, 0.1) is 12.8 Å². The highest BCUT2D eigenvalue weighted by Crippen LogP contribution is 2.34. The Balaban J connectivity index is 1.35. The van der Waals surface area contributed by atoms with Crippen molar-refractivity contribution in [1.29, 1.82) is 0 Å². The van der Waals surface area contributed by atoms with Crippen molar-refractivity contribution in [3.8, 4) is 0 Å². The fraction of sp³-hybridized carbons (Fsp3) is 0.455. The van der Waals surface area contributed by atoms with Gasteiger partial charge < -0.3 is 19.0 Å². The summed E-state index contributed by atoms with van der Waals surface area (Å²) in [6, 6.07) is 4.81. The van der Waals surface area contributed by atoms with E-state index in [1.165, 1.54) is 0 Å². The van der Waals surface area contributed by atoms with Gasteiger partial charge in [0, 0.05) is 17.0 Å². The maximum absolute atomic E-state index is 12.6. The highest BCUT2D eigenvalue weighted by atomic mass is 16.5. The SMILES string of the molecule is Cc1cc(C(=O)COC(=O)CN2C(=O)NC3(CCCC3)C2=O)c(C)n1Cc1ccco1. The number of urea groups is 1. The van der Waals surface area contributed by atoms with Crippen LogP contribution in [0.2, 0.25) is 0 Å². The molecule has 0 aromatic carbocycles. The first-order chi connectivity index (χ1) is 14.8. The zero-order valence-corrected chi connectivity index (χ0v) is 17.6. The lowest BCUT2D eigenvalue weighted by Crippen LogP contribution is -2.44. The summed E-state index contributed by atoms with van der Waals surface area (Å²) in [7, 11) is 0. The van der Waals surface area contributed by atoms with Gasteiger partial charge >= 0.3 is 12.0 Å². The lowest BCUT2D eigenvalue weighted by Gasteiger charge is -2.19. The fourth-order valence-corrected chi connectivity index (χ4v) is 4.42. The number of carbonyl (C=O) groups excluding carboxylic acids is 4. The van der Waals surface area contributed by atoms with E-state index in [-0.39, 0.29) is 11.7 Å². The molecule has 31 heavy (non-hydrogen) atoms. The topological polar surface area (TPSA) is 111 Å². The van der Waals surface area contributed by atoms with Crippen LogP contribution in [-0.4, -0.2) is 51.8 Å². The number of furan rings is 1. The molecule has 2 aromatic rings. The number of Topliss-reactive ketones (excluding diaryl/α,β-unsaturated/α-hetero) is 1. The zero-order chi connectivity index (χ0) is 22.2. The molecule has 164 valence electrons. The Morgan fingerprint density at radius 2 is 1.97 bits per heavy atom. The van der Waals surface area contributed by atoms with Crippen molar-refractivity contribution < 1.29 is 28.3 Å². The molecule has 1 saturated heterocycles. The molecule has 2 fully saturated rings. The van der Waals surface area contributed by atoms with E-state index >= 15 is 0 Å². The van der Waals surface area contributed by atoms with Gasteiger partial charge in [-0.1, -0.05) is 12.8 Å². The predicted octanol–water partition coefficient (Wildman–Crippen LogP) is 2.34. The summed E-state index contributed by atoms with van der Waals surface area (Å²) in [6.07, 6.45) is 4.47. The molecule has 2 aliphatic rings. The minimum atomic E-state index is -0.876. The molecule has 1 N–H and O–H groups in total. The Morgan fingerprint density at radius 1 is 1.23 bits per heavy atom. The minimum Gasteiger partial charge on any atom is -0.467 e. The van der Waals surface area contributed by atoms with E-state index in [2.05, 4.69) is 5.32 Å². The Morgan fingerprint density at radius 3 is 2.65 bits per heavy atom. The molecule has 0 bridgehead atoms. The number of aromatic nitrogens is 1. The van der Waals surface area contributed by atoms with E-state index < -0.39 is 30.7 Å². The van der Waals surface area contributed by atoms with Crippen LogP contribution in [-0.2, 0) is 20.9 Å². The van der Waals surface area contributed by atoms with Gasteiger partial charge in [0.25, 0.3) is 5.91 Å². The number of hydrogen-bond donors (Lipinski definition) is 1. The largest absolute Gasteiger partial charge is 0.467 e. The molecule has 4 rings (SSSR count). The molecule has 9 nitrogen and oxygen atoms in total. The summed E-state index contributed by atoms with van der Waals surface area (Å²) >= 11 is 0. The molecule has 1 aliphatic heterocycles. The van der Waals surface area contributed by atoms with Crippen LogP contribution in [0.25, 0.3) is 0 Å². The molecule has 0 unspecified atom stereocenters. The van der Waals surface area contributed by atoms with E-state index in [0.29, 0.717) is 24.9 Å². The molecule has 3 amide bonds. The van der Waals surface area contributed by atoms with Gasteiger partial charge in [0.1, 0.15) is 17.8 Å². The summed E-state index contributed by atoms with van der Waals surface area (Å²) in [4.78, 5) is 50.5. The third-order valence-corrected chi connectivity index (χ3v) is 6.12. The molecular weight excluding hydrogens is 402 g/mol. The first kappa shape index (κ1) is 20.9. The van der Waals surface area contributed by atoms with Crippen LogP contribution in [0, 0.1) is 13.8 Å². The maximum atomic E-state index is 12.6. The first-order valence-corrected chi connectivity index (χ1v) is 10.3. The van der Waals surface area contributed by atoms with Gasteiger partial charge in [-0.05, 0) is 44.9 Å². The third-order valence-electron chi connectivity index (χ3n) is 6.12. The number of esters is 1. The van der Waals surface area contributed by atoms with Gasteiger partial charge in [-0.25, -0.2) is 4.79 Å². The number of ether oxygens (including phenoxy) is 1. The van der Waals surface area contributed by atoms with E-state index in [1.807, 2.05) is 24.5 Å². The lowest BCUT2D eigenvalue weighted by molar-refractivity contribution is -0.146. The first-order valence-electron chi connectivity index (χ1n) is 10.3. The predicted molar refractivity (Wildman–Crippen MR) is 108 cm³/mol. The van der Waals surface area contributed by atoms with E-state index in [0.717, 1.165) is 34.9 Å². The summed E-state index contributed by atoms with van der Waals surface area (Å²) in [6.45, 7) is 3.23. The van der Waals surface area contributed by atoms with Crippen molar-refractivity contribution in [2.45, 2.75) is 51.6 Å². The lowest BCUT2D eigenvalue weighted by atomic mass is 9.98. The highest BCUT2D eigenvalue weighted by Gasteiger charge is 2.52. The molecule has 0 radical (unpaired) electrons. The van der Waals surface area contributed by atoms with Crippen molar-refractivity contribution in [2.75, 3.05) is 13.2 Å². The Labute approximate surface area is 179 Å². The number of rotatable bonds is 7. The second-order valence-corrected chi connectivity index (χ2v) is 8.14. The van der Waals surface area contributed by atoms with E-state index in [4.69, 9.17) is 9.15 Å². The number of carbonyl (C=O) groups is 4. The molecule has 2 aromatic heterocycles. The molecule has 3 heterocycles. The number of imide groups is 1. The normalized spacial score (nSPS) is 17.4. The van der Waals surface area contributed by atoms with Gasteiger partial charge in [-0.15, -0.1) is 0 Å². The fourth-order valence-electron chi connectivity index (χ4n) is 4.42. The molecule has 1 aliphatic carbocycles. The van der Waals surface area contributed by atoms with Crippen molar-refractivity contribution in [3.05, 3.63) is 47.2 Å². The van der Waals surface area contributed by atoms with E-state index in [1.54, 1.807) is 18.4 Å². The van der Waals surface area contributed by atoms with Crippen molar-refractivity contribution in [1.82, 2.24) is 14.8 Å². The average molecular weight is 427 g/mol. The number of amides is 3. The van der Waals surface area contributed by atoms with Crippen LogP contribution >= 0.6 is 0 Å². The Bertz CT molecular complexity index is 1030. The standard InChI is InChI=1S/C22H25N3O6/c1-14-10-17(15(2)24(14)11-16-6-5-9-30-16)18(26)13-31-19(27)12-25-20(28)22(23-21(25)29)7-3-4-8-22/h5-6,9-10H,3-4,7-8,11-13H2,1-2H3,(H,23,29). The maximum Gasteiger partial charge on any atom is 0.326 e. The number of nitrogens with zero attached hydrogens (tertiary/aromatic N) is 2. The van der Waals surface area contributed by atoms with Crippen LogP contribution in [0.5, 0.6) is 0 Å². The van der Waals surface area contributed by atoms with Crippen LogP contribution in [0.1, 0.15) is 53.2 Å². The summed E-state index contributed by atoms with van der Waals surface area (Å²) in [5, 5.41) is 2.71. The number of aryl methyl sites for hydroxylation is 1. The van der Waals surface area contributed by atoms with Crippen molar-refractivity contribution in [3.63, 3.8) is 0 Å². The van der Waals surface area contributed by atoms with Crippen LogP contribution in [0.4, 0.5) is 4.79 Å². The monoisotopic (exact) mass is 427 g/mol. The summed E-state index contributed by atoms with van der Waals surface area (Å²) in [5.41, 5.74) is 1.20. The van der Waals surface area contributed by atoms with Crippen LogP contribution < -0.4 is 5.32 Å². The summed E-state index contributed by atoms with van der Waals surface area (Å²) in [5.74, 6) is -0.770. The van der Waals surface area contributed by atoms with Gasteiger partial charge in [-0.2, -0.15) is 0 Å². The molecular formula is C22H25N3O6. The second kappa shape index (κ2) is 8.05. The Hall–Kier alpha value is -3.36. The van der Waals surface area contributed by atoms with Crippen LogP contribution in [0.15, 0.2) is 28.9 Å². The summed E-state index contributed by atoms with van der Waals surface area (Å²) < 4.78 is 12.4. The molecule has 1 saturated carbocycles. The van der Waals surface area contributed by atoms with Gasteiger partial charge in [0.15, 0.2) is 6.61 Å². The third kappa shape index (κ3) is 3.87. The average Bonchev–Trinajstić information content (AvgIpc) is 3.51. The molecule has 1 spiro atoms. The molecule has 0 atom stereocenters. The second-order valence-electron chi connectivity index (χ2n) is 8.14. The smallest absolute Gasteiger partial charge is 0.326 e. The number of ketones is 1. The van der Waals surface area contributed by atoms with Crippen molar-refractivity contribution in [2.24, 2.45) is 0 Å². The Kier molecular flexibility index (Phi) is 5.43. The van der Waals surface area contributed by atoms with Crippen LogP contribution in [0.3, 0.4) is 0 Å². The van der Waals surface area contributed by atoms with Gasteiger partial charge in [-0.3, -0.25) is 19.3 Å². The van der Waals surface area contributed by atoms with Crippen molar-refractivity contribution >= 4 is 23.7 Å².